The third-order valence-corrected chi connectivity index (χ3v) is 5.39. The van der Waals surface area contributed by atoms with Gasteiger partial charge in [-0.05, 0) is 50.0 Å². The van der Waals surface area contributed by atoms with Gasteiger partial charge in [0.05, 0.1) is 30.6 Å². The van der Waals surface area contributed by atoms with Crippen molar-refractivity contribution in [3.63, 3.8) is 0 Å². The smallest absolute Gasteiger partial charge is 0.224 e. The lowest BCUT2D eigenvalue weighted by molar-refractivity contribution is -0.123. The zero-order chi connectivity index (χ0) is 19.9. The molecule has 3 rings (SSSR count). The molecule has 1 atom stereocenters. The van der Waals surface area contributed by atoms with Crippen molar-refractivity contribution in [3.05, 3.63) is 22.7 Å². The number of nitrogens with one attached hydrogen (secondary N) is 1. The number of ether oxygens (including phenoxy) is 2. The molecule has 1 aromatic rings. The van der Waals surface area contributed by atoms with E-state index in [1.807, 2.05) is 6.07 Å². The Kier molecular flexibility index (Phi) is 7.39. The number of benzene rings is 1. The molecule has 7 nitrogen and oxygen atoms in total. The molecule has 1 saturated heterocycles. The summed E-state index contributed by atoms with van der Waals surface area (Å²) in [6.07, 6.45) is 3.74. The van der Waals surface area contributed by atoms with Crippen molar-refractivity contribution in [2.45, 2.75) is 32.1 Å². The van der Waals surface area contributed by atoms with Gasteiger partial charge in [-0.1, -0.05) is 11.6 Å². The summed E-state index contributed by atoms with van der Waals surface area (Å²) in [7, 11) is 0. The molecule has 2 amide bonds. The van der Waals surface area contributed by atoms with Gasteiger partial charge in [-0.2, -0.15) is 0 Å². The summed E-state index contributed by atoms with van der Waals surface area (Å²) in [6.45, 7) is 4.29. The Balaban J connectivity index is 1.42. The molecule has 0 spiro atoms. The highest BCUT2D eigenvalue weighted by Crippen LogP contribution is 2.38. The van der Waals surface area contributed by atoms with Crippen LogP contribution in [0.5, 0.6) is 11.5 Å². The normalized spacial score (nSPS) is 19.7. The highest BCUT2D eigenvalue weighted by atomic mass is 35.5. The number of carbonyl (C=O) groups is 2. The molecular weight excluding hydrogens is 382 g/mol. The van der Waals surface area contributed by atoms with Gasteiger partial charge in [0, 0.05) is 19.5 Å². The van der Waals surface area contributed by atoms with Crippen LogP contribution in [0.1, 0.15) is 31.2 Å². The Hall–Kier alpha value is -1.99. The minimum atomic E-state index is -0.216. The number of rotatable bonds is 7. The van der Waals surface area contributed by atoms with Gasteiger partial charge in [-0.3, -0.25) is 9.59 Å². The summed E-state index contributed by atoms with van der Waals surface area (Å²) >= 11 is 6.28. The van der Waals surface area contributed by atoms with E-state index < -0.39 is 0 Å². The van der Waals surface area contributed by atoms with Gasteiger partial charge >= 0.3 is 0 Å². The fraction of sp³-hybridized carbons (Fsp3) is 0.600. The van der Waals surface area contributed by atoms with Crippen LogP contribution in [0.25, 0.3) is 0 Å². The van der Waals surface area contributed by atoms with Crippen LogP contribution in [0.15, 0.2) is 12.1 Å². The van der Waals surface area contributed by atoms with Crippen LogP contribution in [-0.4, -0.2) is 56.1 Å². The van der Waals surface area contributed by atoms with Crippen LogP contribution in [0, 0.1) is 5.92 Å². The maximum atomic E-state index is 12.3. The van der Waals surface area contributed by atoms with E-state index in [-0.39, 0.29) is 24.2 Å². The minimum Gasteiger partial charge on any atom is -0.489 e. The van der Waals surface area contributed by atoms with E-state index >= 15 is 0 Å². The van der Waals surface area contributed by atoms with Crippen LogP contribution in [-0.2, 0) is 16.0 Å². The summed E-state index contributed by atoms with van der Waals surface area (Å²) in [5, 5.41) is 3.41. The number of hydrogen-bond acceptors (Lipinski definition) is 5. The number of primary amides is 1. The van der Waals surface area contributed by atoms with Crippen molar-refractivity contribution in [2.75, 3.05) is 39.4 Å². The molecule has 2 aliphatic heterocycles. The monoisotopic (exact) mass is 409 g/mol. The third kappa shape index (κ3) is 5.75. The molecule has 1 fully saturated rings. The number of carbonyl (C=O) groups excluding carboxylic acids is 2. The molecule has 3 N–H and O–H groups in total. The molecule has 0 aliphatic carbocycles. The van der Waals surface area contributed by atoms with Crippen molar-refractivity contribution in [2.24, 2.45) is 11.7 Å². The first kappa shape index (κ1) is 20.7. The molecular formula is C20H28ClN3O4. The zero-order valence-electron chi connectivity index (χ0n) is 16.0. The first-order valence-corrected chi connectivity index (χ1v) is 10.3. The molecule has 0 saturated carbocycles. The van der Waals surface area contributed by atoms with E-state index in [0.717, 1.165) is 50.9 Å². The average molecular weight is 410 g/mol. The Bertz CT molecular complexity index is 713. The van der Waals surface area contributed by atoms with E-state index in [4.69, 9.17) is 26.8 Å². The van der Waals surface area contributed by atoms with Gasteiger partial charge in [0.25, 0.3) is 0 Å². The molecule has 1 aromatic carbocycles. The maximum absolute atomic E-state index is 12.3. The summed E-state index contributed by atoms with van der Waals surface area (Å²) in [6, 6.07) is 3.58. The molecule has 8 heteroatoms. The Morgan fingerprint density at radius 1 is 1.25 bits per heavy atom. The van der Waals surface area contributed by atoms with Gasteiger partial charge in [-0.15, -0.1) is 0 Å². The Morgan fingerprint density at radius 3 is 2.89 bits per heavy atom. The fourth-order valence-corrected chi connectivity index (χ4v) is 3.94. The van der Waals surface area contributed by atoms with E-state index in [1.165, 1.54) is 0 Å². The maximum Gasteiger partial charge on any atom is 0.224 e. The number of piperidine rings is 1. The predicted molar refractivity (Wildman–Crippen MR) is 107 cm³/mol. The van der Waals surface area contributed by atoms with Crippen molar-refractivity contribution in [3.8, 4) is 11.5 Å². The minimum absolute atomic E-state index is 0.0486. The second-order valence-corrected chi connectivity index (χ2v) is 7.78. The molecule has 2 aliphatic rings. The second-order valence-electron chi connectivity index (χ2n) is 7.38. The highest BCUT2D eigenvalue weighted by Gasteiger charge is 2.23. The first-order valence-electron chi connectivity index (χ1n) is 9.89. The average Bonchev–Trinajstić information content (AvgIpc) is 2.91. The third-order valence-electron chi connectivity index (χ3n) is 5.11. The number of likely N-dealkylation sites (tertiary alicyclic amines) is 1. The van der Waals surface area contributed by atoms with Crippen LogP contribution >= 0.6 is 11.6 Å². The number of amides is 2. The van der Waals surface area contributed by atoms with Gasteiger partial charge in [0.1, 0.15) is 0 Å². The number of nitrogens with two attached hydrogens (primary N) is 1. The van der Waals surface area contributed by atoms with Crippen LogP contribution in [0.3, 0.4) is 0 Å². The summed E-state index contributed by atoms with van der Waals surface area (Å²) in [4.78, 5) is 25.8. The standard InChI is InChI=1S/C20H28ClN3O4/c21-16-10-14(11-17-19(16)28-9-3-8-27-17)12-18(25)23-5-2-7-24-6-1-4-15(13-24)20(22)26/h10-11,15H,1-9,12-13H2,(H2,22,26)(H,23,25). The van der Waals surface area contributed by atoms with E-state index in [1.54, 1.807) is 6.07 Å². The molecule has 1 unspecified atom stereocenters. The van der Waals surface area contributed by atoms with Crippen LogP contribution in [0.2, 0.25) is 5.02 Å². The van der Waals surface area contributed by atoms with Gasteiger partial charge in [-0.25, -0.2) is 0 Å². The van der Waals surface area contributed by atoms with Crippen molar-refractivity contribution in [1.82, 2.24) is 10.2 Å². The lowest BCUT2D eigenvalue weighted by Crippen LogP contribution is -2.42. The topological polar surface area (TPSA) is 93.9 Å². The van der Waals surface area contributed by atoms with Crippen LogP contribution in [0.4, 0.5) is 0 Å². The molecule has 0 aromatic heterocycles. The molecule has 28 heavy (non-hydrogen) atoms. The van der Waals surface area contributed by atoms with Crippen molar-refractivity contribution < 1.29 is 19.1 Å². The first-order chi connectivity index (χ1) is 13.5. The summed E-state index contributed by atoms with van der Waals surface area (Å²) in [5.74, 6) is 0.833. The van der Waals surface area contributed by atoms with Gasteiger partial charge in [0.2, 0.25) is 11.8 Å². The van der Waals surface area contributed by atoms with Gasteiger partial charge in [0.15, 0.2) is 11.5 Å². The second kappa shape index (κ2) is 9.98. The van der Waals surface area contributed by atoms with Gasteiger partial charge < -0.3 is 25.4 Å². The largest absolute Gasteiger partial charge is 0.489 e. The number of fused-ring (bicyclic) bond motifs is 1. The summed E-state index contributed by atoms with van der Waals surface area (Å²) < 4.78 is 11.3. The molecule has 154 valence electrons. The predicted octanol–water partition coefficient (Wildman–Crippen LogP) is 1.75. The molecule has 0 radical (unpaired) electrons. The molecule has 2 heterocycles. The Morgan fingerprint density at radius 2 is 2.07 bits per heavy atom. The van der Waals surface area contributed by atoms with E-state index in [2.05, 4.69) is 10.2 Å². The van der Waals surface area contributed by atoms with E-state index in [0.29, 0.717) is 36.3 Å². The number of hydrogen-bond donors (Lipinski definition) is 2. The zero-order valence-corrected chi connectivity index (χ0v) is 16.8. The van der Waals surface area contributed by atoms with E-state index in [9.17, 15) is 9.59 Å². The summed E-state index contributed by atoms with van der Waals surface area (Å²) in [5.41, 5.74) is 6.21. The van der Waals surface area contributed by atoms with Crippen LogP contribution < -0.4 is 20.5 Å². The van der Waals surface area contributed by atoms with Crippen molar-refractivity contribution >= 4 is 23.4 Å². The molecule has 0 bridgehead atoms. The fourth-order valence-electron chi connectivity index (χ4n) is 3.66. The number of halogens is 1. The Labute approximate surface area is 170 Å². The quantitative estimate of drug-likeness (QED) is 0.669. The lowest BCUT2D eigenvalue weighted by atomic mass is 9.97. The lowest BCUT2D eigenvalue weighted by Gasteiger charge is -2.31. The van der Waals surface area contributed by atoms with Crippen molar-refractivity contribution in [1.29, 1.82) is 0 Å². The number of nitrogens with zero attached hydrogens (tertiary/aromatic N) is 1. The SMILES string of the molecule is NC(=O)C1CCCN(CCCNC(=O)Cc2cc(Cl)c3c(c2)OCCCO3)C1. The highest BCUT2D eigenvalue weighted by molar-refractivity contribution is 6.32.